The van der Waals surface area contributed by atoms with Gasteiger partial charge >= 0.3 is 0 Å². The molecule has 1 atom stereocenters. The second-order valence-electron chi connectivity index (χ2n) is 15.9. The molecule has 0 saturated carbocycles. The highest BCUT2D eigenvalue weighted by Crippen LogP contribution is 2.41. The summed E-state index contributed by atoms with van der Waals surface area (Å²) in [5, 5.41) is 4.72. The molecule has 11 aromatic rings. The predicted molar refractivity (Wildman–Crippen MR) is 256 cm³/mol. The quantitative estimate of drug-likeness (QED) is 0.161. The van der Waals surface area contributed by atoms with E-state index < -0.39 is 0 Å². The molecule has 1 aliphatic rings. The van der Waals surface area contributed by atoms with E-state index in [0.717, 1.165) is 78.6 Å². The molecule has 0 fully saturated rings. The van der Waals surface area contributed by atoms with E-state index in [1.807, 2.05) is 0 Å². The van der Waals surface area contributed by atoms with Crippen molar-refractivity contribution in [2.75, 3.05) is 0 Å². The molecule has 62 heavy (non-hydrogen) atoms. The summed E-state index contributed by atoms with van der Waals surface area (Å²) in [5.41, 5.74) is 13.2. The summed E-state index contributed by atoms with van der Waals surface area (Å²) in [4.78, 5) is 16.2. The number of benzene rings is 8. The van der Waals surface area contributed by atoms with Crippen LogP contribution >= 0.6 is 0 Å². The Hall–Kier alpha value is -8.15. The minimum Gasteiger partial charge on any atom is -0.309 e. The summed E-state index contributed by atoms with van der Waals surface area (Å²) in [5.74, 6) is 1.97. The van der Waals surface area contributed by atoms with Crippen molar-refractivity contribution in [2.24, 2.45) is 0 Å². The van der Waals surface area contributed by atoms with E-state index in [2.05, 4.69) is 228 Å². The molecule has 0 spiro atoms. The lowest BCUT2D eigenvalue weighted by molar-refractivity contribution is 0.750. The zero-order valence-electron chi connectivity index (χ0n) is 33.8. The first-order valence-electron chi connectivity index (χ1n) is 21.2. The summed E-state index contributed by atoms with van der Waals surface area (Å²) in [6, 6.07) is 69.3. The molecule has 0 radical (unpaired) electrons. The van der Waals surface area contributed by atoms with Gasteiger partial charge < -0.3 is 4.57 Å². The zero-order valence-corrected chi connectivity index (χ0v) is 33.8. The van der Waals surface area contributed by atoms with Crippen molar-refractivity contribution in [2.45, 2.75) is 12.3 Å². The summed E-state index contributed by atoms with van der Waals surface area (Å²) < 4.78 is 4.66. The van der Waals surface area contributed by atoms with Crippen molar-refractivity contribution in [1.29, 1.82) is 0 Å². The number of fused-ring (bicyclic) bond motifs is 6. The third-order valence-corrected chi connectivity index (χ3v) is 12.3. The normalized spacial score (nSPS) is 13.8. The van der Waals surface area contributed by atoms with Crippen LogP contribution in [0, 0.1) is 0 Å². The fraction of sp³-hybridized carbons (Fsp3) is 0.0351. The molecule has 292 valence electrons. The molecule has 0 aliphatic heterocycles. The zero-order chi connectivity index (χ0) is 41.0. The Morgan fingerprint density at radius 2 is 1.00 bits per heavy atom. The molecular formula is C57H39N5. The maximum atomic E-state index is 5.47. The van der Waals surface area contributed by atoms with Crippen molar-refractivity contribution in [3.05, 3.63) is 224 Å². The molecule has 0 amide bonds. The van der Waals surface area contributed by atoms with Crippen LogP contribution in [-0.2, 0) is 0 Å². The lowest BCUT2D eigenvalue weighted by Crippen LogP contribution is -2.11. The van der Waals surface area contributed by atoms with Crippen LogP contribution in [-0.4, -0.2) is 24.1 Å². The highest BCUT2D eigenvalue weighted by atomic mass is 15.2. The SMILES string of the molecule is C1=CC[C@@H](c2nc(-c3ccc(-c4cccc(-c5ccccc5)c4)c(-n4c5ccccc5c5ccccc54)c3)nc(-n3c4ccccc4c4cccc(-c5ccccc5)c43)n2)C=C1. The van der Waals surface area contributed by atoms with Gasteiger partial charge in [-0.05, 0) is 59.0 Å². The van der Waals surface area contributed by atoms with Gasteiger partial charge in [-0.2, -0.15) is 9.97 Å². The molecular weight excluding hydrogens is 755 g/mol. The van der Waals surface area contributed by atoms with Crippen molar-refractivity contribution < 1.29 is 0 Å². The van der Waals surface area contributed by atoms with E-state index in [9.17, 15) is 0 Å². The number of para-hydroxylation sites is 4. The van der Waals surface area contributed by atoms with Crippen LogP contribution in [0.4, 0.5) is 0 Å². The van der Waals surface area contributed by atoms with Crippen LogP contribution in [0.3, 0.4) is 0 Å². The lowest BCUT2D eigenvalue weighted by Gasteiger charge is -2.18. The van der Waals surface area contributed by atoms with Gasteiger partial charge in [0.15, 0.2) is 5.82 Å². The monoisotopic (exact) mass is 793 g/mol. The van der Waals surface area contributed by atoms with Crippen LogP contribution < -0.4 is 0 Å². The van der Waals surface area contributed by atoms with E-state index in [4.69, 9.17) is 15.0 Å². The molecule has 0 bridgehead atoms. The summed E-state index contributed by atoms with van der Waals surface area (Å²) in [7, 11) is 0. The Bertz CT molecular complexity index is 3500. The Morgan fingerprint density at radius 3 is 1.71 bits per heavy atom. The Kier molecular flexibility index (Phi) is 8.56. The molecule has 5 nitrogen and oxygen atoms in total. The number of hydrogen-bond acceptors (Lipinski definition) is 3. The first-order chi connectivity index (χ1) is 30.8. The van der Waals surface area contributed by atoms with Crippen molar-refractivity contribution in [3.63, 3.8) is 0 Å². The molecule has 0 saturated heterocycles. The van der Waals surface area contributed by atoms with Crippen molar-refractivity contribution in [1.82, 2.24) is 24.1 Å². The third-order valence-electron chi connectivity index (χ3n) is 12.3. The molecule has 12 rings (SSSR count). The first kappa shape index (κ1) is 35.8. The molecule has 1 aliphatic carbocycles. The summed E-state index contributed by atoms with van der Waals surface area (Å²) in [6.45, 7) is 0. The van der Waals surface area contributed by atoms with Crippen LogP contribution in [0.15, 0.2) is 218 Å². The van der Waals surface area contributed by atoms with Gasteiger partial charge in [0.1, 0.15) is 5.82 Å². The standard InChI is InChI=1S/C57H39N5/c1-4-18-38(19-5-1)41-24-16-25-42(36-41)44-35-34-43(37-53(44)61-50-31-13-10-26-46(50)47-27-11-14-32-51(47)61)56-58-55(40-22-8-3-9-23-40)59-57(60-56)62-52-33-15-12-28-48(52)49-30-17-29-45(54(49)62)39-20-6-2-7-21-39/h1-22,24-37,40H,23H2/t40-/m0/s1. The summed E-state index contributed by atoms with van der Waals surface area (Å²) in [6.07, 6.45) is 9.41. The molecule has 0 N–H and O–H groups in total. The van der Waals surface area contributed by atoms with Gasteiger partial charge in [-0.1, -0.05) is 188 Å². The van der Waals surface area contributed by atoms with Gasteiger partial charge in [0.2, 0.25) is 5.95 Å². The van der Waals surface area contributed by atoms with Gasteiger partial charge in [0, 0.05) is 44.2 Å². The Balaban J connectivity index is 1.13. The Morgan fingerprint density at radius 1 is 0.403 bits per heavy atom. The molecule has 3 aromatic heterocycles. The van der Waals surface area contributed by atoms with Crippen molar-refractivity contribution in [3.8, 4) is 56.4 Å². The molecule has 0 unspecified atom stereocenters. The van der Waals surface area contributed by atoms with E-state index in [1.165, 1.54) is 21.9 Å². The highest BCUT2D eigenvalue weighted by Gasteiger charge is 2.24. The van der Waals surface area contributed by atoms with Crippen LogP contribution in [0.1, 0.15) is 18.2 Å². The number of nitrogens with zero attached hydrogens (tertiary/aromatic N) is 5. The van der Waals surface area contributed by atoms with E-state index in [0.29, 0.717) is 11.8 Å². The second-order valence-corrected chi connectivity index (χ2v) is 15.9. The van der Waals surface area contributed by atoms with Crippen LogP contribution in [0.2, 0.25) is 0 Å². The minimum absolute atomic E-state index is 0.000935. The smallest absolute Gasteiger partial charge is 0.238 e. The maximum Gasteiger partial charge on any atom is 0.238 e. The average molecular weight is 794 g/mol. The largest absolute Gasteiger partial charge is 0.309 e. The van der Waals surface area contributed by atoms with Crippen LogP contribution in [0.5, 0.6) is 0 Å². The number of rotatable bonds is 7. The summed E-state index contributed by atoms with van der Waals surface area (Å²) >= 11 is 0. The predicted octanol–water partition coefficient (Wildman–Crippen LogP) is 14.3. The maximum absolute atomic E-state index is 5.47. The minimum atomic E-state index is -0.000935. The lowest BCUT2D eigenvalue weighted by atomic mass is 9.96. The van der Waals surface area contributed by atoms with Crippen molar-refractivity contribution >= 4 is 43.6 Å². The van der Waals surface area contributed by atoms with Gasteiger partial charge in [-0.3, -0.25) is 4.57 Å². The third kappa shape index (κ3) is 5.97. The van der Waals surface area contributed by atoms with Gasteiger partial charge in [-0.25, -0.2) is 4.98 Å². The van der Waals surface area contributed by atoms with E-state index in [1.54, 1.807) is 0 Å². The van der Waals surface area contributed by atoms with E-state index >= 15 is 0 Å². The first-order valence-corrected chi connectivity index (χ1v) is 21.2. The topological polar surface area (TPSA) is 48.5 Å². The van der Waals surface area contributed by atoms with Gasteiger partial charge in [-0.15, -0.1) is 0 Å². The fourth-order valence-electron chi connectivity index (χ4n) is 9.40. The number of allylic oxidation sites excluding steroid dienone is 4. The number of hydrogen-bond donors (Lipinski definition) is 0. The molecule has 3 heterocycles. The molecule has 8 aromatic carbocycles. The Labute approximate surface area is 359 Å². The van der Waals surface area contributed by atoms with E-state index in [-0.39, 0.29) is 5.92 Å². The highest BCUT2D eigenvalue weighted by molar-refractivity contribution is 6.14. The van der Waals surface area contributed by atoms with Gasteiger partial charge in [0.05, 0.1) is 27.8 Å². The average Bonchev–Trinajstić information content (AvgIpc) is 3.88. The van der Waals surface area contributed by atoms with Crippen LogP contribution in [0.25, 0.3) is 100 Å². The number of aromatic nitrogens is 5. The molecule has 5 heteroatoms. The fourth-order valence-corrected chi connectivity index (χ4v) is 9.40. The second kappa shape index (κ2) is 14.8. The van der Waals surface area contributed by atoms with Gasteiger partial charge in [0.25, 0.3) is 0 Å².